The second-order valence-corrected chi connectivity index (χ2v) is 13.5. The molecule has 0 aliphatic heterocycles. The van der Waals surface area contributed by atoms with Crippen LogP contribution < -0.4 is 0 Å². The van der Waals surface area contributed by atoms with Crippen LogP contribution in [0.2, 0.25) is 0 Å². The Hall–Kier alpha value is -0.417. The molecule has 0 spiro atoms. The third-order valence-electron chi connectivity index (χ3n) is 5.18. The summed E-state index contributed by atoms with van der Waals surface area (Å²) in [6, 6.07) is 0. The predicted octanol–water partition coefficient (Wildman–Crippen LogP) is 8.91. The number of hydrogen-bond acceptors (Lipinski definition) is 0. The quantitative estimate of drug-likeness (QED) is 0.291. The SMILES string of the molecule is CC(=CC(=[CH][Ru][CH]=C(C=C(C)C(C)(C)C)C(C)(C)C)C(C)(C)C)C(C)(C)C. The van der Waals surface area contributed by atoms with Gasteiger partial charge in [0.1, 0.15) is 0 Å². The van der Waals surface area contributed by atoms with E-state index in [9.17, 15) is 0 Å². The normalized spacial score (nSPS) is 17.0. The zero-order valence-corrected chi connectivity index (χ0v) is 22.4. The summed E-state index contributed by atoms with van der Waals surface area (Å²) in [5.41, 5.74) is 6.63. The third-order valence-corrected chi connectivity index (χ3v) is 6.84. The summed E-state index contributed by atoms with van der Waals surface area (Å²) in [7, 11) is 0. The number of allylic oxidation sites excluding steroid dienone is 6. The summed E-state index contributed by atoms with van der Waals surface area (Å²) >= 11 is 0.0640. The molecule has 0 N–H and O–H groups in total. The Bertz CT molecular complexity index is 553. The first kappa shape index (κ1) is 26.6. The topological polar surface area (TPSA) is 0 Å². The van der Waals surface area contributed by atoms with Crippen LogP contribution in [0.1, 0.15) is 96.9 Å². The van der Waals surface area contributed by atoms with Crippen LogP contribution in [0, 0.1) is 21.7 Å². The predicted molar refractivity (Wildman–Crippen MR) is 122 cm³/mol. The average molecular weight is 460 g/mol. The maximum absolute atomic E-state index is 2.51. The van der Waals surface area contributed by atoms with E-state index in [-0.39, 0.29) is 38.8 Å². The molecule has 158 valence electrons. The van der Waals surface area contributed by atoms with Gasteiger partial charge in [0.05, 0.1) is 0 Å². The summed E-state index contributed by atoms with van der Waals surface area (Å²) in [6.07, 6.45) is 4.85. The van der Waals surface area contributed by atoms with Gasteiger partial charge in [0.2, 0.25) is 0 Å². The molecule has 0 saturated heterocycles. The van der Waals surface area contributed by atoms with Gasteiger partial charge in [-0.15, -0.1) is 0 Å². The minimum absolute atomic E-state index is 0.0640. The molecule has 1 heteroatoms. The molecule has 0 atom stereocenters. The molecule has 0 amide bonds. The molecule has 0 aliphatic rings. The van der Waals surface area contributed by atoms with Crippen LogP contribution in [-0.4, -0.2) is 0 Å². The second kappa shape index (κ2) is 9.39. The van der Waals surface area contributed by atoms with Crippen LogP contribution in [-0.2, 0) is 17.1 Å². The molecule has 0 nitrogen and oxygen atoms in total. The summed E-state index contributed by atoms with van der Waals surface area (Å²) in [5.74, 6) is 0. The van der Waals surface area contributed by atoms with E-state index >= 15 is 0 Å². The summed E-state index contributed by atoms with van der Waals surface area (Å²) in [5, 5.41) is 0. The number of rotatable bonds is 4. The molecule has 0 fully saturated rings. The zero-order valence-electron chi connectivity index (χ0n) is 20.7. The molecule has 0 saturated carbocycles. The molecule has 0 aliphatic carbocycles. The Balaban J connectivity index is 5.95. The zero-order chi connectivity index (χ0) is 21.8. The van der Waals surface area contributed by atoms with E-state index in [2.05, 4.69) is 118 Å². The van der Waals surface area contributed by atoms with Crippen molar-refractivity contribution in [3.05, 3.63) is 43.8 Å². The van der Waals surface area contributed by atoms with Gasteiger partial charge in [0.25, 0.3) is 0 Å². The summed E-state index contributed by atoms with van der Waals surface area (Å²) < 4.78 is 5.02. The fourth-order valence-electron chi connectivity index (χ4n) is 1.85. The van der Waals surface area contributed by atoms with E-state index in [1.807, 2.05) is 0 Å². The van der Waals surface area contributed by atoms with Crippen LogP contribution >= 0.6 is 0 Å². The average Bonchev–Trinajstić information content (AvgIpc) is 2.40. The van der Waals surface area contributed by atoms with Crippen LogP contribution in [0.3, 0.4) is 0 Å². The Morgan fingerprint density at radius 1 is 0.481 bits per heavy atom. The van der Waals surface area contributed by atoms with Crippen LogP contribution in [0.5, 0.6) is 0 Å². The minimum atomic E-state index is 0.0640. The van der Waals surface area contributed by atoms with Crippen LogP contribution in [0.15, 0.2) is 43.8 Å². The molecule has 0 bridgehead atoms. The molecule has 0 radical (unpaired) electrons. The van der Waals surface area contributed by atoms with Gasteiger partial charge < -0.3 is 0 Å². The van der Waals surface area contributed by atoms with E-state index in [4.69, 9.17) is 0 Å². The molecule has 0 heterocycles. The van der Waals surface area contributed by atoms with Crippen molar-refractivity contribution in [1.29, 1.82) is 0 Å². The molecule has 0 aromatic rings. The molecule has 0 aromatic carbocycles. The maximum atomic E-state index is 2.51. The van der Waals surface area contributed by atoms with Gasteiger partial charge in [-0.25, -0.2) is 0 Å². The van der Waals surface area contributed by atoms with Gasteiger partial charge in [-0.2, -0.15) is 0 Å². The fraction of sp³-hybridized carbons (Fsp3) is 0.692. The second-order valence-electron chi connectivity index (χ2n) is 11.9. The van der Waals surface area contributed by atoms with E-state index in [0.29, 0.717) is 0 Å². The Kier molecular flexibility index (Phi) is 9.24. The Morgan fingerprint density at radius 2 is 0.741 bits per heavy atom. The van der Waals surface area contributed by atoms with Gasteiger partial charge in [0.15, 0.2) is 0 Å². The molecular weight excluding hydrogens is 413 g/mol. The van der Waals surface area contributed by atoms with Gasteiger partial charge >= 0.3 is 180 Å². The van der Waals surface area contributed by atoms with E-state index in [1.54, 1.807) is 0 Å². The summed E-state index contributed by atoms with van der Waals surface area (Å²) in [6.45, 7) is 32.2. The molecule has 0 rings (SSSR count). The molecule has 0 aromatic heterocycles. The van der Waals surface area contributed by atoms with Gasteiger partial charge in [-0.1, -0.05) is 0 Å². The van der Waals surface area contributed by atoms with Crippen molar-refractivity contribution in [1.82, 2.24) is 0 Å². The molecular formula is C26H46Ru. The van der Waals surface area contributed by atoms with Crippen molar-refractivity contribution in [2.45, 2.75) is 96.9 Å². The third kappa shape index (κ3) is 10.1. The monoisotopic (exact) mass is 460 g/mol. The Labute approximate surface area is 179 Å². The first-order chi connectivity index (χ1) is 11.8. The van der Waals surface area contributed by atoms with E-state index in [0.717, 1.165) is 0 Å². The first-order valence-electron chi connectivity index (χ1n) is 10.1. The first-order valence-corrected chi connectivity index (χ1v) is 12.1. The summed E-state index contributed by atoms with van der Waals surface area (Å²) in [4.78, 5) is 0. The molecule has 27 heavy (non-hydrogen) atoms. The van der Waals surface area contributed by atoms with Crippen LogP contribution in [0.25, 0.3) is 0 Å². The van der Waals surface area contributed by atoms with E-state index in [1.165, 1.54) is 22.3 Å². The fourth-order valence-corrected chi connectivity index (χ4v) is 4.42. The Morgan fingerprint density at radius 3 is 0.926 bits per heavy atom. The van der Waals surface area contributed by atoms with Crippen molar-refractivity contribution in [3.8, 4) is 0 Å². The van der Waals surface area contributed by atoms with Gasteiger partial charge in [-0.05, 0) is 0 Å². The van der Waals surface area contributed by atoms with Crippen molar-refractivity contribution in [2.24, 2.45) is 21.7 Å². The van der Waals surface area contributed by atoms with Crippen LogP contribution in [0.4, 0.5) is 0 Å². The van der Waals surface area contributed by atoms with Crippen molar-refractivity contribution < 1.29 is 17.1 Å². The van der Waals surface area contributed by atoms with Crippen molar-refractivity contribution in [3.63, 3.8) is 0 Å². The van der Waals surface area contributed by atoms with Gasteiger partial charge in [-0.3, -0.25) is 0 Å². The van der Waals surface area contributed by atoms with E-state index < -0.39 is 0 Å². The standard InChI is InChI=1S/2C13H23.Ru/c2*1-10(12(3,4)5)9-11(2)13(6,7)8;/h2*1,9H,2-8H3;. The van der Waals surface area contributed by atoms with Crippen molar-refractivity contribution >= 4 is 0 Å². The van der Waals surface area contributed by atoms with Gasteiger partial charge in [0, 0.05) is 0 Å². The number of hydrogen-bond donors (Lipinski definition) is 0. The van der Waals surface area contributed by atoms with Crippen molar-refractivity contribution in [2.75, 3.05) is 0 Å². The molecule has 0 unspecified atom stereocenters.